The first-order valence-electron chi connectivity index (χ1n) is 7.34. The largest absolute Gasteiger partial charge is 0.387 e. The van der Waals surface area contributed by atoms with Gasteiger partial charge in [-0.25, -0.2) is 0 Å². The summed E-state index contributed by atoms with van der Waals surface area (Å²) in [7, 11) is 0. The van der Waals surface area contributed by atoms with Crippen LogP contribution >= 0.6 is 12.4 Å². The molecule has 4 nitrogen and oxygen atoms in total. The van der Waals surface area contributed by atoms with Crippen LogP contribution in [0.4, 0.5) is 0 Å². The third-order valence-corrected chi connectivity index (χ3v) is 4.23. The van der Waals surface area contributed by atoms with Gasteiger partial charge in [0.25, 0.3) is 0 Å². The fraction of sp³-hybridized carbons (Fsp3) is 0.562. The number of nitrogens with one attached hydrogen (secondary N) is 1. The summed E-state index contributed by atoms with van der Waals surface area (Å²) in [6.07, 6.45) is 2.36. The van der Waals surface area contributed by atoms with E-state index in [9.17, 15) is 9.90 Å². The van der Waals surface area contributed by atoms with Gasteiger partial charge in [-0.1, -0.05) is 36.2 Å². The van der Waals surface area contributed by atoms with Gasteiger partial charge in [0.1, 0.15) is 0 Å². The molecule has 2 rings (SSSR count). The second kappa shape index (κ2) is 8.37. The molecule has 1 aromatic carbocycles. The fourth-order valence-electron chi connectivity index (χ4n) is 2.90. The summed E-state index contributed by atoms with van der Waals surface area (Å²) in [5, 5.41) is 12.9. The molecule has 1 fully saturated rings. The molecule has 0 aliphatic heterocycles. The van der Waals surface area contributed by atoms with Crippen LogP contribution in [0.3, 0.4) is 0 Å². The molecule has 118 valence electrons. The number of benzene rings is 1. The van der Waals surface area contributed by atoms with Crippen LogP contribution in [0.25, 0.3) is 0 Å². The first-order valence-corrected chi connectivity index (χ1v) is 7.34. The smallest absolute Gasteiger partial charge is 0.223 e. The van der Waals surface area contributed by atoms with E-state index >= 15 is 0 Å². The molecule has 0 heterocycles. The molecule has 0 radical (unpaired) electrons. The summed E-state index contributed by atoms with van der Waals surface area (Å²) in [6.45, 7) is 2.83. The normalized spacial score (nSPS) is 22.4. The van der Waals surface area contributed by atoms with Gasteiger partial charge in [0, 0.05) is 12.5 Å². The van der Waals surface area contributed by atoms with Crippen LogP contribution in [-0.4, -0.2) is 24.1 Å². The van der Waals surface area contributed by atoms with Crippen molar-refractivity contribution >= 4 is 18.3 Å². The molecule has 0 saturated heterocycles. The SMILES string of the molecule is Cc1ccc(C(O)CNC(=O)[C@@H]2CCC[C@@H]2CN)cc1.Cl. The van der Waals surface area contributed by atoms with E-state index in [1.807, 2.05) is 31.2 Å². The molecule has 1 amide bonds. The van der Waals surface area contributed by atoms with E-state index in [-0.39, 0.29) is 30.8 Å². The van der Waals surface area contributed by atoms with Gasteiger partial charge in [-0.05, 0) is 37.8 Å². The monoisotopic (exact) mass is 312 g/mol. The Labute approximate surface area is 132 Å². The Morgan fingerprint density at radius 2 is 2.05 bits per heavy atom. The summed E-state index contributed by atoms with van der Waals surface area (Å²) >= 11 is 0. The zero-order chi connectivity index (χ0) is 14.5. The van der Waals surface area contributed by atoms with Crippen LogP contribution in [0.5, 0.6) is 0 Å². The molecule has 1 unspecified atom stereocenters. The van der Waals surface area contributed by atoms with Gasteiger partial charge in [0.05, 0.1) is 6.10 Å². The van der Waals surface area contributed by atoms with Crippen molar-refractivity contribution in [3.63, 3.8) is 0 Å². The Bertz CT molecular complexity index is 450. The minimum Gasteiger partial charge on any atom is -0.387 e. The van der Waals surface area contributed by atoms with E-state index in [1.165, 1.54) is 0 Å². The number of halogens is 1. The number of hydrogen-bond donors (Lipinski definition) is 3. The van der Waals surface area contributed by atoms with E-state index < -0.39 is 6.10 Å². The average Bonchev–Trinajstić information content (AvgIpc) is 2.93. The maximum atomic E-state index is 12.1. The summed E-state index contributed by atoms with van der Waals surface area (Å²) in [6, 6.07) is 7.71. The number of nitrogens with two attached hydrogens (primary N) is 1. The quantitative estimate of drug-likeness (QED) is 0.778. The molecule has 1 aromatic rings. The summed E-state index contributed by atoms with van der Waals surface area (Å²) < 4.78 is 0. The van der Waals surface area contributed by atoms with Crippen molar-refractivity contribution in [2.45, 2.75) is 32.3 Å². The highest BCUT2D eigenvalue weighted by atomic mass is 35.5. The summed E-state index contributed by atoms with van der Waals surface area (Å²) in [5.41, 5.74) is 7.68. The highest BCUT2D eigenvalue weighted by molar-refractivity contribution is 5.85. The Hall–Kier alpha value is -1.10. The van der Waals surface area contributed by atoms with Crippen LogP contribution in [0, 0.1) is 18.8 Å². The second-order valence-electron chi connectivity index (χ2n) is 5.70. The number of aryl methyl sites for hydroxylation is 1. The first kappa shape index (κ1) is 18.0. The number of carbonyl (C=O) groups excluding carboxylic acids is 1. The molecule has 5 heteroatoms. The van der Waals surface area contributed by atoms with Gasteiger partial charge in [-0.3, -0.25) is 4.79 Å². The fourth-order valence-corrected chi connectivity index (χ4v) is 2.90. The highest BCUT2D eigenvalue weighted by Crippen LogP contribution is 2.31. The Morgan fingerprint density at radius 1 is 1.38 bits per heavy atom. The lowest BCUT2D eigenvalue weighted by molar-refractivity contribution is -0.126. The molecule has 3 atom stereocenters. The van der Waals surface area contributed by atoms with Crippen LogP contribution in [0.2, 0.25) is 0 Å². The number of aliphatic hydroxyl groups excluding tert-OH is 1. The van der Waals surface area contributed by atoms with Crippen molar-refractivity contribution in [3.05, 3.63) is 35.4 Å². The van der Waals surface area contributed by atoms with Crippen molar-refractivity contribution in [1.82, 2.24) is 5.32 Å². The van der Waals surface area contributed by atoms with E-state index in [0.717, 1.165) is 30.4 Å². The molecular weight excluding hydrogens is 288 g/mol. The lowest BCUT2D eigenvalue weighted by atomic mass is 9.95. The first-order chi connectivity index (χ1) is 9.61. The lowest BCUT2D eigenvalue weighted by Gasteiger charge is -2.19. The lowest BCUT2D eigenvalue weighted by Crippen LogP contribution is -2.37. The highest BCUT2D eigenvalue weighted by Gasteiger charge is 2.31. The molecule has 0 bridgehead atoms. The minimum atomic E-state index is -0.655. The standard InChI is InChI=1S/C16H24N2O2.ClH/c1-11-5-7-12(8-6-11)15(19)10-18-16(20)14-4-2-3-13(14)9-17;/h5-8,13-15,19H,2-4,9-10,17H2,1H3,(H,18,20);1H/t13-,14-,15?;/m1./s1. The second-order valence-corrected chi connectivity index (χ2v) is 5.70. The van der Waals surface area contributed by atoms with Crippen LogP contribution in [0.15, 0.2) is 24.3 Å². The zero-order valence-corrected chi connectivity index (χ0v) is 13.2. The van der Waals surface area contributed by atoms with Crippen LogP contribution in [-0.2, 0) is 4.79 Å². The van der Waals surface area contributed by atoms with Gasteiger partial charge in [-0.15, -0.1) is 12.4 Å². The summed E-state index contributed by atoms with van der Waals surface area (Å²) in [4.78, 5) is 12.1. The zero-order valence-electron chi connectivity index (χ0n) is 12.4. The van der Waals surface area contributed by atoms with E-state index in [1.54, 1.807) is 0 Å². The average molecular weight is 313 g/mol. The number of amides is 1. The van der Waals surface area contributed by atoms with Gasteiger partial charge >= 0.3 is 0 Å². The van der Waals surface area contributed by atoms with Crippen molar-refractivity contribution in [2.24, 2.45) is 17.6 Å². The van der Waals surface area contributed by atoms with E-state index in [2.05, 4.69) is 5.32 Å². The summed E-state index contributed by atoms with van der Waals surface area (Å²) in [5.74, 6) is 0.348. The molecule has 1 aliphatic carbocycles. The molecule has 1 aliphatic rings. The number of hydrogen-bond acceptors (Lipinski definition) is 3. The Kier molecular flexibility index (Phi) is 7.15. The van der Waals surface area contributed by atoms with E-state index in [4.69, 9.17) is 5.73 Å². The van der Waals surface area contributed by atoms with Gasteiger partial charge < -0.3 is 16.2 Å². The molecule has 21 heavy (non-hydrogen) atoms. The molecular formula is C16H25ClN2O2. The predicted molar refractivity (Wildman–Crippen MR) is 86.3 cm³/mol. The van der Waals surface area contributed by atoms with Gasteiger partial charge in [0.2, 0.25) is 5.91 Å². The maximum absolute atomic E-state index is 12.1. The van der Waals surface area contributed by atoms with Crippen molar-refractivity contribution in [1.29, 1.82) is 0 Å². The molecule has 0 spiro atoms. The number of rotatable bonds is 5. The number of aliphatic hydroxyl groups is 1. The minimum absolute atomic E-state index is 0. The third kappa shape index (κ3) is 4.70. The van der Waals surface area contributed by atoms with E-state index in [0.29, 0.717) is 12.5 Å². The molecule has 1 saturated carbocycles. The molecule has 4 N–H and O–H groups in total. The molecule has 0 aromatic heterocycles. The topological polar surface area (TPSA) is 75.3 Å². The third-order valence-electron chi connectivity index (χ3n) is 4.23. The van der Waals surface area contributed by atoms with Crippen molar-refractivity contribution < 1.29 is 9.90 Å². The maximum Gasteiger partial charge on any atom is 0.223 e. The van der Waals surface area contributed by atoms with Crippen molar-refractivity contribution in [3.8, 4) is 0 Å². The van der Waals surface area contributed by atoms with Gasteiger partial charge in [-0.2, -0.15) is 0 Å². The Morgan fingerprint density at radius 3 is 2.67 bits per heavy atom. The number of carbonyl (C=O) groups is 1. The Balaban J connectivity index is 0.00000220. The van der Waals surface area contributed by atoms with Gasteiger partial charge in [0.15, 0.2) is 0 Å². The van der Waals surface area contributed by atoms with Crippen molar-refractivity contribution in [2.75, 3.05) is 13.1 Å². The van der Waals surface area contributed by atoms with Crippen LogP contribution < -0.4 is 11.1 Å². The van der Waals surface area contributed by atoms with Crippen LogP contribution in [0.1, 0.15) is 36.5 Å². The predicted octanol–water partition coefficient (Wildman–Crippen LogP) is 1.94.